The van der Waals surface area contributed by atoms with Gasteiger partial charge in [0.05, 0.1) is 4.90 Å². The van der Waals surface area contributed by atoms with Crippen LogP contribution in [0.5, 0.6) is 0 Å². The zero-order valence-corrected chi connectivity index (χ0v) is 9.98. The number of nitrogens with zero attached hydrogens (tertiary/aromatic N) is 3. The van der Waals surface area contributed by atoms with Crippen LogP contribution in [0.25, 0.3) is 21.2 Å². The predicted molar refractivity (Wildman–Crippen MR) is 65.8 cm³/mol. The molecule has 0 unspecified atom stereocenters. The molecule has 2 rings (SSSR count). The first-order chi connectivity index (χ1) is 8.04. The van der Waals surface area contributed by atoms with Crippen molar-refractivity contribution in [3.05, 3.63) is 46.8 Å². The van der Waals surface area contributed by atoms with E-state index in [2.05, 4.69) is 10.0 Å². The number of hydrogen-bond acceptors (Lipinski definition) is 3. The molecule has 17 heavy (non-hydrogen) atoms. The van der Waals surface area contributed by atoms with Crippen LogP contribution in [0.15, 0.2) is 46.4 Å². The average Bonchev–Trinajstić information content (AvgIpc) is 2.28. The number of rotatable bonds is 2. The monoisotopic (exact) mass is 267 g/mol. The van der Waals surface area contributed by atoms with Crippen LogP contribution < -0.4 is 0 Å². The van der Waals surface area contributed by atoms with Crippen LogP contribution in [0.1, 0.15) is 0 Å². The smallest absolute Gasteiger partial charge is 0.207 e. The molecule has 86 valence electrons. The summed E-state index contributed by atoms with van der Waals surface area (Å²) in [6, 6.07) is 9.45. The summed E-state index contributed by atoms with van der Waals surface area (Å²) in [7, 11) is 1.51. The number of fused-ring (bicyclic) bond motifs is 1. The van der Waals surface area contributed by atoms with Crippen LogP contribution >= 0.6 is 10.7 Å². The molecule has 0 fully saturated rings. The number of hydrogen-bond donors (Lipinski definition) is 0. The van der Waals surface area contributed by atoms with Crippen LogP contribution in [0.2, 0.25) is 0 Å². The molecule has 0 aliphatic heterocycles. The molecule has 0 saturated heterocycles. The summed E-state index contributed by atoms with van der Waals surface area (Å²) >= 11 is 0. The lowest BCUT2D eigenvalue weighted by Crippen LogP contribution is -1.91. The van der Waals surface area contributed by atoms with Crippen molar-refractivity contribution in [1.29, 1.82) is 0 Å². The second-order valence-electron chi connectivity index (χ2n) is 3.26. The summed E-state index contributed by atoms with van der Waals surface area (Å²) in [6.45, 7) is 0. The minimum atomic E-state index is -3.82. The van der Waals surface area contributed by atoms with E-state index in [0.717, 1.165) is 0 Å². The molecule has 7 heteroatoms. The molecule has 0 spiro atoms. The molecule has 0 aromatic heterocycles. The summed E-state index contributed by atoms with van der Waals surface area (Å²) in [5.41, 5.74) is 8.79. The fourth-order valence-electron chi connectivity index (χ4n) is 1.60. The first-order valence-electron chi connectivity index (χ1n) is 4.55. The van der Waals surface area contributed by atoms with Gasteiger partial charge in [0, 0.05) is 26.7 Å². The summed E-state index contributed by atoms with van der Waals surface area (Å²) < 4.78 is 22.8. The largest absolute Gasteiger partial charge is 0.261 e. The van der Waals surface area contributed by atoms with Crippen LogP contribution in [0.3, 0.4) is 0 Å². The minimum absolute atomic E-state index is 0.00616. The maximum absolute atomic E-state index is 11.4. The Morgan fingerprint density at radius 3 is 2.35 bits per heavy atom. The van der Waals surface area contributed by atoms with Crippen molar-refractivity contribution in [1.82, 2.24) is 0 Å². The van der Waals surface area contributed by atoms with Gasteiger partial charge >= 0.3 is 0 Å². The fourth-order valence-corrected chi connectivity index (χ4v) is 2.68. The van der Waals surface area contributed by atoms with Crippen LogP contribution in [0.4, 0.5) is 5.69 Å². The summed E-state index contributed by atoms with van der Waals surface area (Å²) in [6.07, 6.45) is 0. The van der Waals surface area contributed by atoms with E-state index in [1.54, 1.807) is 24.3 Å². The molecule has 5 nitrogen and oxygen atoms in total. The van der Waals surface area contributed by atoms with E-state index < -0.39 is 9.05 Å². The maximum Gasteiger partial charge on any atom is 0.261 e. The van der Waals surface area contributed by atoms with Gasteiger partial charge in [-0.2, -0.15) is 0 Å². The normalized spacial score (nSPS) is 11.1. The molecule has 2 aromatic rings. The van der Waals surface area contributed by atoms with E-state index in [-0.39, 0.29) is 4.90 Å². The standard InChI is InChI=1S/C10H6ClN3O2S/c11-17(15,16)10-6-5-9(13-14-12)7-3-1-2-4-8(7)10/h1-6H. The van der Waals surface area contributed by atoms with E-state index >= 15 is 0 Å². The van der Waals surface area contributed by atoms with Crippen molar-refractivity contribution in [3.63, 3.8) is 0 Å². The lowest BCUT2D eigenvalue weighted by molar-refractivity contribution is 0.610. The topological polar surface area (TPSA) is 82.9 Å². The number of benzene rings is 2. The van der Waals surface area contributed by atoms with Gasteiger partial charge in [-0.1, -0.05) is 35.4 Å². The molecular formula is C10H6ClN3O2S. The molecule has 0 N–H and O–H groups in total. The van der Waals surface area contributed by atoms with Crippen LogP contribution in [-0.2, 0) is 9.05 Å². The van der Waals surface area contributed by atoms with Crippen molar-refractivity contribution >= 4 is 36.2 Å². The Balaban J connectivity index is 2.94. The molecular weight excluding hydrogens is 262 g/mol. The van der Waals surface area contributed by atoms with Gasteiger partial charge in [-0.25, -0.2) is 8.42 Å². The van der Waals surface area contributed by atoms with E-state index in [1.807, 2.05) is 0 Å². The second kappa shape index (κ2) is 4.25. The molecule has 0 aliphatic carbocycles. The van der Waals surface area contributed by atoms with E-state index in [9.17, 15) is 8.42 Å². The first-order valence-corrected chi connectivity index (χ1v) is 6.86. The van der Waals surface area contributed by atoms with E-state index in [1.165, 1.54) is 12.1 Å². The third-order valence-corrected chi connectivity index (χ3v) is 3.66. The summed E-state index contributed by atoms with van der Waals surface area (Å²) in [4.78, 5) is 2.70. The second-order valence-corrected chi connectivity index (χ2v) is 5.79. The van der Waals surface area contributed by atoms with Crippen LogP contribution in [-0.4, -0.2) is 8.42 Å². The van der Waals surface area contributed by atoms with Gasteiger partial charge in [-0.3, -0.25) is 0 Å². The van der Waals surface area contributed by atoms with Gasteiger partial charge in [0.25, 0.3) is 9.05 Å². The van der Waals surface area contributed by atoms with Crippen molar-refractivity contribution in [2.75, 3.05) is 0 Å². The molecule has 0 aliphatic rings. The molecule has 0 heterocycles. The Morgan fingerprint density at radius 2 is 1.76 bits per heavy atom. The van der Waals surface area contributed by atoms with Gasteiger partial charge in [0.1, 0.15) is 0 Å². The highest BCUT2D eigenvalue weighted by Gasteiger charge is 2.15. The fraction of sp³-hybridized carbons (Fsp3) is 0. The summed E-state index contributed by atoms with van der Waals surface area (Å²) in [5, 5.41) is 4.49. The van der Waals surface area contributed by atoms with Crippen LogP contribution in [0, 0.1) is 0 Å². The first kappa shape index (κ1) is 11.7. The molecule has 0 saturated carbocycles. The molecule has 0 amide bonds. The third kappa shape index (κ3) is 2.19. The Labute approximate surface area is 102 Å². The Morgan fingerprint density at radius 1 is 1.12 bits per heavy atom. The lowest BCUT2D eigenvalue weighted by Gasteiger charge is -2.05. The molecule has 0 radical (unpaired) electrons. The van der Waals surface area contributed by atoms with Crippen molar-refractivity contribution < 1.29 is 8.42 Å². The number of azide groups is 1. The SMILES string of the molecule is [N-]=[N+]=Nc1ccc(S(=O)(=O)Cl)c2ccccc12. The Kier molecular flexibility index (Phi) is 2.93. The van der Waals surface area contributed by atoms with Gasteiger partial charge in [0.2, 0.25) is 0 Å². The quantitative estimate of drug-likeness (QED) is 0.360. The summed E-state index contributed by atoms with van der Waals surface area (Å²) in [5.74, 6) is 0. The van der Waals surface area contributed by atoms with Gasteiger partial charge in [0.15, 0.2) is 0 Å². The van der Waals surface area contributed by atoms with Crippen molar-refractivity contribution in [3.8, 4) is 0 Å². The van der Waals surface area contributed by atoms with Crippen molar-refractivity contribution in [2.45, 2.75) is 4.90 Å². The van der Waals surface area contributed by atoms with Gasteiger partial charge in [-0.15, -0.1) is 0 Å². The average molecular weight is 268 g/mol. The van der Waals surface area contributed by atoms with E-state index in [0.29, 0.717) is 16.5 Å². The molecule has 0 atom stereocenters. The molecule has 0 bridgehead atoms. The zero-order chi connectivity index (χ0) is 12.5. The maximum atomic E-state index is 11.4. The van der Waals surface area contributed by atoms with Gasteiger partial charge in [-0.05, 0) is 17.0 Å². The van der Waals surface area contributed by atoms with E-state index in [4.69, 9.17) is 16.2 Å². The molecule has 2 aromatic carbocycles. The minimum Gasteiger partial charge on any atom is -0.207 e. The lowest BCUT2D eigenvalue weighted by atomic mass is 10.1. The van der Waals surface area contributed by atoms with Gasteiger partial charge < -0.3 is 0 Å². The van der Waals surface area contributed by atoms with Crippen molar-refractivity contribution in [2.24, 2.45) is 5.11 Å². The highest BCUT2D eigenvalue weighted by Crippen LogP contribution is 2.32. The third-order valence-electron chi connectivity index (χ3n) is 2.28. The Hall–Kier alpha value is -1.75. The highest BCUT2D eigenvalue weighted by molar-refractivity contribution is 8.14. The number of halogens is 1. The zero-order valence-electron chi connectivity index (χ0n) is 8.41. The highest BCUT2D eigenvalue weighted by atomic mass is 35.7. The Bertz CT molecular complexity index is 736. The predicted octanol–water partition coefficient (Wildman–Crippen LogP) is 3.71.